The number of nitrogens with one attached hydrogen (secondary N) is 1. The van der Waals surface area contributed by atoms with Crippen LogP contribution >= 0.6 is 0 Å². The van der Waals surface area contributed by atoms with Gasteiger partial charge in [0, 0.05) is 18.8 Å². The standard InChI is InChI=1S/C21H21F3N6O4/c22-21(23,24)14-1-3-15(4-2-14)29-7-6-28(13-19(29)32)18(31)5-9-34-10-8-30-17-12-25-27-20(33)16(17)11-26-30/h1-4,11-12H,5-10,13H2,(H,27,33). The number of amides is 2. The van der Waals surface area contributed by atoms with Gasteiger partial charge in [0.1, 0.15) is 6.54 Å². The molecule has 1 saturated heterocycles. The minimum Gasteiger partial charge on any atom is -0.379 e. The minimum absolute atomic E-state index is 0.0780. The Labute approximate surface area is 190 Å². The molecule has 13 heteroatoms. The van der Waals surface area contributed by atoms with Gasteiger partial charge in [0.05, 0.1) is 55.0 Å². The topological polar surface area (TPSA) is 113 Å². The Hall–Kier alpha value is -3.74. The maximum absolute atomic E-state index is 12.7. The van der Waals surface area contributed by atoms with E-state index >= 15 is 0 Å². The van der Waals surface area contributed by atoms with E-state index in [1.165, 1.54) is 34.3 Å². The van der Waals surface area contributed by atoms with E-state index in [1.54, 1.807) is 4.68 Å². The molecule has 0 unspecified atom stereocenters. The Morgan fingerprint density at radius 3 is 2.56 bits per heavy atom. The molecule has 3 aromatic rings. The van der Waals surface area contributed by atoms with Crippen molar-refractivity contribution in [3.8, 4) is 0 Å². The molecule has 180 valence electrons. The van der Waals surface area contributed by atoms with Gasteiger partial charge >= 0.3 is 6.18 Å². The third kappa shape index (κ3) is 5.09. The molecule has 0 bridgehead atoms. The van der Waals surface area contributed by atoms with Crippen LogP contribution in [0, 0.1) is 0 Å². The Kier molecular flexibility index (Phi) is 6.63. The lowest BCUT2D eigenvalue weighted by Gasteiger charge is -2.34. The number of nitrogens with zero attached hydrogens (tertiary/aromatic N) is 5. The van der Waals surface area contributed by atoms with Gasteiger partial charge in [0.2, 0.25) is 11.8 Å². The number of ether oxygens (including phenoxy) is 1. The second-order valence-corrected chi connectivity index (χ2v) is 7.63. The van der Waals surface area contributed by atoms with Gasteiger partial charge in [-0.05, 0) is 24.3 Å². The van der Waals surface area contributed by atoms with E-state index in [0.717, 1.165) is 12.1 Å². The first kappa shape index (κ1) is 23.4. The maximum Gasteiger partial charge on any atom is 0.416 e. The summed E-state index contributed by atoms with van der Waals surface area (Å²) in [6, 6.07) is 4.36. The Bertz CT molecular complexity index is 1240. The van der Waals surface area contributed by atoms with E-state index in [4.69, 9.17) is 4.74 Å². The molecule has 2 aromatic heterocycles. The third-order valence-corrected chi connectivity index (χ3v) is 5.47. The van der Waals surface area contributed by atoms with Crippen molar-refractivity contribution in [3.05, 3.63) is 52.6 Å². The summed E-state index contributed by atoms with van der Waals surface area (Å²) in [5.41, 5.74) is -0.184. The van der Waals surface area contributed by atoms with Crippen molar-refractivity contribution in [1.82, 2.24) is 24.9 Å². The van der Waals surface area contributed by atoms with Crippen LogP contribution in [0.4, 0.5) is 18.9 Å². The van der Waals surface area contributed by atoms with Crippen molar-refractivity contribution >= 4 is 28.4 Å². The normalized spacial score (nSPS) is 14.7. The highest BCUT2D eigenvalue weighted by Gasteiger charge is 2.31. The highest BCUT2D eigenvalue weighted by molar-refractivity contribution is 5.97. The zero-order chi connectivity index (χ0) is 24.3. The Morgan fingerprint density at radius 1 is 1.09 bits per heavy atom. The number of aromatic amines is 1. The van der Waals surface area contributed by atoms with Crippen LogP contribution in [0.2, 0.25) is 0 Å². The molecule has 1 fully saturated rings. The zero-order valence-electron chi connectivity index (χ0n) is 17.9. The summed E-state index contributed by atoms with van der Waals surface area (Å²) < 4.78 is 45.3. The van der Waals surface area contributed by atoms with Crippen molar-refractivity contribution in [2.75, 3.05) is 37.7 Å². The summed E-state index contributed by atoms with van der Waals surface area (Å²) in [7, 11) is 0. The van der Waals surface area contributed by atoms with Gasteiger partial charge in [0.15, 0.2) is 0 Å². The molecule has 0 atom stereocenters. The molecule has 0 aliphatic carbocycles. The Morgan fingerprint density at radius 2 is 1.85 bits per heavy atom. The summed E-state index contributed by atoms with van der Waals surface area (Å²) in [4.78, 5) is 39.3. The summed E-state index contributed by atoms with van der Waals surface area (Å²) in [6.45, 7) is 1.08. The fourth-order valence-electron chi connectivity index (χ4n) is 3.66. The Balaban J connectivity index is 1.21. The van der Waals surface area contributed by atoms with Gasteiger partial charge < -0.3 is 14.5 Å². The molecule has 34 heavy (non-hydrogen) atoms. The number of fused-ring (bicyclic) bond motifs is 1. The van der Waals surface area contributed by atoms with Gasteiger partial charge in [0.25, 0.3) is 5.56 Å². The first-order chi connectivity index (χ1) is 16.2. The van der Waals surface area contributed by atoms with Crippen LogP contribution in [0.15, 0.2) is 41.5 Å². The van der Waals surface area contributed by atoms with Crippen LogP contribution in [0.5, 0.6) is 0 Å². The second-order valence-electron chi connectivity index (χ2n) is 7.63. The predicted molar refractivity (Wildman–Crippen MR) is 114 cm³/mol. The van der Waals surface area contributed by atoms with Crippen LogP contribution in [0.1, 0.15) is 12.0 Å². The number of hydrogen-bond acceptors (Lipinski definition) is 6. The zero-order valence-corrected chi connectivity index (χ0v) is 17.9. The first-order valence-corrected chi connectivity index (χ1v) is 10.5. The molecule has 10 nitrogen and oxygen atoms in total. The van der Waals surface area contributed by atoms with Crippen molar-refractivity contribution in [2.45, 2.75) is 19.1 Å². The number of hydrogen-bond donors (Lipinski definition) is 1. The van der Waals surface area contributed by atoms with Crippen LogP contribution in [-0.2, 0) is 27.0 Å². The number of carbonyl (C=O) groups excluding carboxylic acids is 2. The monoisotopic (exact) mass is 478 g/mol. The summed E-state index contributed by atoms with van der Waals surface area (Å²) in [6.07, 6.45) is -1.43. The summed E-state index contributed by atoms with van der Waals surface area (Å²) >= 11 is 0. The first-order valence-electron chi connectivity index (χ1n) is 10.5. The highest BCUT2D eigenvalue weighted by atomic mass is 19.4. The van der Waals surface area contributed by atoms with E-state index in [-0.39, 0.29) is 56.6 Å². The number of rotatable bonds is 7. The second kappa shape index (κ2) is 9.63. The minimum atomic E-state index is -4.45. The number of piperazine rings is 1. The molecule has 1 N–H and O–H groups in total. The summed E-state index contributed by atoms with van der Waals surface area (Å²) in [5, 5.41) is 10.6. The molecule has 2 amide bonds. The molecule has 3 heterocycles. The van der Waals surface area contributed by atoms with Crippen molar-refractivity contribution in [1.29, 1.82) is 0 Å². The van der Waals surface area contributed by atoms with Gasteiger partial charge in [-0.3, -0.25) is 19.1 Å². The number of anilines is 1. The predicted octanol–water partition coefficient (Wildman–Crippen LogP) is 1.42. The lowest BCUT2D eigenvalue weighted by molar-refractivity contribution is -0.138. The molecular formula is C21H21F3N6O4. The van der Waals surface area contributed by atoms with E-state index in [1.807, 2.05) is 0 Å². The summed E-state index contributed by atoms with van der Waals surface area (Å²) in [5.74, 6) is -0.616. The average Bonchev–Trinajstić information content (AvgIpc) is 3.22. The smallest absolute Gasteiger partial charge is 0.379 e. The fourth-order valence-corrected chi connectivity index (χ4v) is 3.66. The van der Waals surface area contributed by atoms with Crippen molar-refractivity contribution in [3.63, 3.8) is 0 Å². The molecule has 1 aromatic carbocycles. The maximum atomic E-state index is 12.7. The van der Waals surface area contributed by atoms with Gasteiger partial charge in [-0.1, -0.05) is 0 Å². The quantitative estimate of drug-likeness (QED) is 0.514. The van der Waals surface area contributed by atoms with E-state index in [0.29, 0.717) is 23.1 Å². The van der Waals surface area contributed by atoms with Crippen LogP contribution in [0.3, 0.4) is 0 Å². The highest BCUT2D eigenvalue weighted by Crippen LogP contribution is 2.30. The molecule has 0 saturated carbocycles. The SMILES string of the molecule is O=C(CCOCCn1ncc2c(=O)[nH]ncc21)N1CCN(c2ccc(C(F)(F)F)cc2)C(=O)C1. The number of alkyl halides is 3. The molecule has 0 radical (unpaired) electrons. The molecule has 1 aliphatic heterocycles. The van der Waals surface area contributed by atoms with Crippen molar-refractivity contribution in [2.24, 2.45) is 0 Å². The van der Waals surface area contributed by atoms with Crippen molar-refractivity contribution < 1.29 is 27.5 Å². The van der Waals surface area contributed by atoms with Crippen LogP contribution in [0.25, 0.3) is 10.9 Å². The lowest BCUT2D eigenvalue weighted by atomic mass is 10.1. The molecule has 1 aliphatic rings. The third-order valence-electron chi connectivity index (χ3n) is 5.47. The van der Waals surface area contributed by atoms with Gasteiger partial charge in [-0.15, -0.1) is 0 Å². The van der Waals surface area contributed by atoms with Gasteiger partial charge in [-0.2, -0.15) is 23.4 Å². The number of halogens is 3. The number of carbonyl (C=O) groups is 2. The van der Waals surface area contributed by atoms with Crippen LogP contribution < -0.4 is 10.5 Å². The largest absolute Gasteiger partial charge is 0.416 e. The van der Waals surface area contributed by atoms with Gasteiger partial charge in [-0.25, -0.2) is 5.10 Å². The van der Waals surface area contributed by atoms with E-state index < -0.39 is 11.7 Å². The number of aromatic nitrogens is 4. The van der Waals surface area contributed by atoms with E-state index in [2.05, 4.69) is 15.3 Å². The van der Waals surface area contributed by atoms with Crippen LogP contribution in [-0.4, -0.2) is 69.5 Å². The molecular weight excluding hydrogens is 457 g/mol. The average molecular weight is 478 g/mol. The van der Waals surface area contributed by atoms with E-state index in [9.17, 15) is 27.6 Å². The lowest BCUT2D eigenvalue weighted by Crippen LogP contribution is -2.52. The molecule has 4 rings (SSSR count). The fraction of sp³-hybridized carbons (Fsp3) is 0.381. The number of H-pyrrole nitrogens is 1. The number of benzene rings is 1. The molecule has 0 spiro atoms.